The molecule has 1 aliphatic heterocycles. The van der Waals surface area contributed by atoms with Crippen molar-refractivity contribution in [2.45, 2.75) is 24.6 Å². The number of nitrogens with zero attached hydrogens (tertiary/aromatic N) is 3. The van der Waals surface area contributed by atoms with Gasteiger partial charge in [-0.25, -0.2) is 14.4 Å². The second-order valence-electron chi connectivity index (χ2n) is 5.80. The highest BCUT2D eigenvalue weighted by atomic mass is 35.5. The van der Waals surface area contributed by atoms with Gasteiger partial charge in [0.15, 0.2) is 18.0 Å². The van der Waals surface area contributed by atoms with Crippen molar-refractivity contribution in [2.24, 2.45) is 0 Å². The van der Waals surface area contributed by atoms with Gasteiger partial charge in [0.2, 0.25) is 5.88 Å². The molecule has 2 aromatic heterocycles. The number of rotatable bonds is 3. The van der Waals surface area contributed by atoms with Gasteiger partial charge in [0, 0.05) is 10.4 Å². The fraction of sp³-hybridized carbons (Fsp3) is 0.375. The van der Waals surface area contributed by atoms with E-state index >= 15 is 0 Å². The second-order valence-corrected chi connectivity index (χ2v) is 6.23. The largest absolute Gasteiger partial charge is 0.480 e. The number of ether oxygens (including phenoxy) is 2. The van der Waals surface area contributed by atoms with Gasteiger partial charge in [-0.15, -0.1) is 0 Å². The van der Waals surface area contributed by atoms with Crippen molar-refractivity contribution in [3.63, 3.8) is 0 Å². The highest BCUT2D eigenvalue weighted by molar-refractivity contribution is 6.32. The first-order valence-corrected chi connectivity index (χ1v) is 8.01. The first kappa shape index (κ1) is 16.5. The van der Waals surface area contributed by atoms with Crippen molar-refractivity contribution < 1.29 is 24.1 Å². The summed E-state index contributed by atoms with van der Waals surface area (Å²) in [5.74, 6) is 0.323. The summed E-state index contributed by atoms with van der Waals surface area (Å²) in [6, 6.07) is 5.10. The average molecular weight is 368 g/mol. The Labute approximate surface area is 146 Å². The number of aromatic nitrogens is 3. The van der Waals surface area contributed by atoms with E-state index in [0.717, 1.165) is 0 Å². The maximum atomic E-state index is 14.7. The van der Waals surface area contributed by atoms with Crippen LogP contribution in [0.2, 0.25) is 5.02 Å². The standard InChI is InChI=1S/C16H15ClFN3O4/c1-24-15-11-8-4-7(17)2-3-9(8)21(14(11)19-6-20-15)16-12(18)13(23)10(5-22)25-16/h2-4,6,10,12-13,16,22-23H,5H2,1H3/t10-,12-,13-,16-/m1/s1. The number of fused-ring (bicyclic) bond motifs is 3. The Morgan fingerprint density at radius 1 is 1.40 bits per heavy atom. The maximum Gasteiger partial charge on any atom is 0.226 e. The fourth-order valence-electron chi connectivity index (χ4n) is 3.29. The summed E-state index contributed by atoms with van der Waals surface area (Å²) in [4.78, 5) is 8.35. The summed E-state index contributed by atoms with van der Waals surface area (Å²) in [5, 5.41) is 21.0. The minimum absolute atomic E-state index is 0.323. The van der Waals surface area contributed by atoms with Crippen molar-refractivity contribution in [1.82, 2.24) is 14.5 Å². The van der Waals surface area contributed by atoms with Crippen LogP contribution >= 0.6 is 11.6 Å². The van der Waals surface area contributed by atoms with Crippen LogP contribution in [0.1, 0.15) is 6.23 Å². The van der Waals surface area contributed by atoms with Crippen LogP contribution in [0, 0.1) is 0 Å². The smallest absolute Gasteiger partial charge is 0.226 e. The van der Waals surface area contributed by atoms with Crippen LogP contribution < -0.4 is 4.74 Å². The number of aliphatic hydroxyl groups excluding tert-OH is 2. The molecule has 3 heterocycles. The summed E-state index contributed by atoms with van der Waals surface area (Å²) >= 11 is 6.11. The molecule has 9 heteroatoms. The number of hydrogen-bond acceptors (Lipinski definition) is 6. The third-order valence-electron chi connectivity index (χ3n) is 4.43. The predicted octanol–water partition coefficient (Wildman–Crippen LogP) is 1.84. The zero-order valence-corrected chi connectivity index (χ0v) is 13.9. The number of halogens is 2. The zero-order valence-electron chi connectivity index (χ0n) is 13.1. The van der Waals surface area contributed by atoms with E-state index in [1.807, 2.05) is 0 Å². The van der Waals surface area contributed by atoms with Crippen molar-refractivity contribution in [2.75, 3.05) is 13.7 Å². The van der Waals surface area contributed by atoms with E-state index < -0.39 is 31.2 Å². The van der Waals surface area contributed by atoms with Crippen LogP contribution in [0.5, 0.6) is 5.88 Å². The molecule has 0 radical (unpaired) electrons. The van der Waals surface area contributed by atoms with Crippen LogP contribution in [-0.2, 0) is 4.74 Å². The minimum atomic E-state index is -1.73. The van der Waals surface area contributed by atoms with E-state index in [-0.39, 0.29) is 0 Å². The van der Waals surface area contributed by atoms with E-state index in [4.69, 9.17) is 21.1 Å². The topological polar surface area (TPSA) is 89.6 Å². The molecule has 1 fully saturated rings. The number of aliphatic hydroxyl groups is 2. The predicted molar refractivity (Wildman–Crippen MR) is 88.5 cm³/mol. The molecule has 1 saturated heterocycles. The molecule has 7 nitrogen and oxygen atoms in total. The van der Waals surface area contributed by atoms with Crippen LogP contribution in [0.15, 0.2) is 24.5 Å². The molecular formula is C16H15ClFN3O4. The van der Waals surface area contributed by atoms with E-state index in [2.05, 4.69) is 9.97 Å². The molecule has 0 spiro atoms. The Bertz CT molecular complexity index is 950. The second kappa shape index (κ2) is 6.06. The Morgan fingerprint density at radius 2 is 2.20 bits per heavy atom. The summed E-state index contributed by atoms with van der Waals surface area (Å²) in [6.45, 7) is -0.487. The van der Waals surface area contributed by atoms with Gasteiger partial charge in [-0.2, -0.15) is 0 Å². The van der Waals surface area contributed by atoms with Gasteiger partial charge in [0.1, 0.15) is 18.5 Å². The summed E-state index contributed by atoms with van der Waals surface area (Å²) in [7, 11) is 1.48. The van der Waals surface area contributed by atoms with Crippen molar-refractivity contribution in [3.8, 4) is 5.88 Å². The molecule has 3 aromatic rings. The third-order valence-corrected chi connectivity index (χ3v) is 4.66. The molecule has 132 valence electrons. The lowest BCUT2D eigenvalue weighted by Crippen LogP contribution is -2.30. The molecular weight excluding hydrogens is 353 g/mol. The molecule has 2 N–H and O–H groups in total. The van der Waals surface area contributed by atoms with Gasteiger partial charge in [0.05, 0.1) is 24.6 Å². The Hall–Kier alpha value is -2.00. The van der Waals surface area contributed by atoms with E-state index in [1.165, 1.54) is 18.0 Å². The number of hydrogen-bond donors (Lipinski definition) is 2. The van der Waals surface area contributed by atoms with E-state index in [1.54, 1.807) is 18.2 Å². The maximum absolute atomic E-state index is 14.7. The van der Waals surface area contributed by atoms with Gasteiger partial charge < -0.3 is 19.7 Å². The third kappa shape index (κ3) is 2.36. The normalized spacial score (nSPS) is 26.6. The van der Waals surface area contributed by atoms with Gasteiger partial charge in [-0.1, -0.05) is 11.6 Å². The van der Waals surface area contributed by atoms with Crippen LogP contribution in [0.25, 0.3) is 21.9 Å². The lowest BCUT2D eigenvalue weighted by molar-refractivity contribution is -0.0442. The molecule has 0 amide bonds. The molecule has 0 aliphatic carbocycles. The Morgan fingerprint density at radius 3 is 2.88 bits per heavy atom. The minimum Gasteiger partial charge on any atom is -0.480 e. The Kier molecular flexibility index (Phi) is 3.99. The Balaban J connectivity index is 2.03. The summed E-state index contributed by atoms with van der Waals surface area (Å²) in [5.41, 5.74) is 0.999. The number of methoxy groups -OCH3 is 1. The van der Waals surface area contributed by atoms with E-state index in [0.29, 0.717) is 32.8 Å². The first-order valence-electron chi connectivity index (χ1n) is 7.63. The van der Waals surface area contributed by atoms with Gasteiger partial charge in [0.25, 0.3) is 0 Å². The van der Waals surface area contributed by atoms with E-state index in [9.17, 15) is 14.6 Å². The van der Waals surface area contributed by atoms with Crippen LogP contribution in [-0.4, -0.2) is 56.8 Å². The molecule has 4 atom stereocenters. The van der Waals surface area contributed by atoms with Crippen molar-refractivity contribution in [1.29, 1.82) is 0 Å². The van der Waals surface area contributed by atoms with Gasteiger partial charge >= 0.3 is 0 Å². The van der Waals surface area contributed by atoms with Gasteiger partial charge in [-0.05, 0) is 18.2 Å². The highest BCUT2D eigenvalue weighted by Crippen LogP contribution is 2.41. The van der Waals surface area contributed by atoms with Gasteiger partial charge in [-0.3, -0.25) is 4.57 Å². The number of benzene rings is 1. The molecule has 1 aliphatic rings. The van der Waals surface area contributed by atoms with Crippen molar-refractivity contribution in [3.05, 3.63) is 29.5 Å². The number of alkyl halides is 1. The van der Waals surface area contributed by atoms with Crippen LogP contribution in [0.4, 0.5) is 4.39 Å². The van der Waals surface area contributed by atoms with Crippen LogP contribution in [0.3, 0.4) is 0 Å². The molecule has 0 unspecified atom stereocenters. The summed E-state index contributed by atoms with van der Waals surface area (Å²) in [6.07, 6.45) is -4.01. The molecule has 25 heavy (non-hydrogen) atoms. The SMILES string of the molecule is COc1ncnc2c1c1cc(Cl)ccc1n2[C@@H]1O[C@H](CO)[C@@H](O)[C@H]1F. The first-order chi connectivity index (χ1) is 12.1. The zero-order chi connectivity index (χ0) is 17.7. The molecule has 4 rings (SSSR count). The lowest BCUT2D eigenvalue weighted by Gasteiger charge is -2.17. The summed E-state index contributed by atoms with van der Waals surface area (Å²) < 4.78 is 27.1. The lowest BCUT2D eigenvalue weighted by atomic mass is 10.1. The highest BCUT2D eigenvalue weighted by Gasteiger charge is 2.46. The molecule has 0 bridgehead atoms. The molecule has 1 aromatic carbocycles. The monoisotopic (exact) mass is 367 g/mol. The average Bonchev–Trinajstić information content (AvgIpc) is 3.09. The van der Waals surface area contributed by atoms with Crippen molar-refractivity contribution >= 4 is 33.5 Å². The fourth-order valence-corrected chi connectivity index (χ4v) is 3.46. The quantitative estimate of drug-likeness (QED) is 0.734. The molecule has 0 saturated carbocycles.